The van der Waals surface area contributed by atoms with E-state index in [4.69, 9.17) is 0 Å². The van der Waals surface area contributed by atoms with Crippen molar-refractivity contribution in [1.29, 1.82) is 0 Å². The fourth-order valence-electron chi connectivity index (χ4n) is 2.99. The molecular weight excluding hydrogens is 375 g/mol. The summed E-state index contributed by atoms with van der Waals surface area (Å²) < 4.78 is 14.7. The van der Waals surface area contributed by atoms with Gasteiger partial charge in [-0.15, -0.1) is 0 Å². The molecule has 0 atom stereocenters. The largest absolute Gasteiger partial charge is 0.356 e. The van der Waals surface area contributed by atoms with Gasteiger partial charge in [0.1, 0.15) is 18.1 Å². The average molecular weight is 396 g/mol. The molecule has 0 aliphatic heterocycles. The van der Waals surface area contributed by atoms with Gasteiger partial charge in [-0.3, -0.25) is 19.0 Å². The molecule has 0 saturated carbocycles. The van der Waals surface area contributed by atoms with Crippen molar-refractivity contribution in [3.8, 4) is 0 Å². The van der Waals surface area contributed by atoms with Crippen LogP contribution >= 0.6 is 0 Å². The van der Waals surface area contributed by atoms with E-state index in [1.165, 1.54) is 22.8 Å². The molecule has 2 aromatic carbocycles. The van der Waals surface area contributed by atoms with Crippen LogP contribution in [-0.4, -0.2) is 27.9 Å². The Balaban J connectivity index is 1.89. The molecule has 2 N–H and O–H groups in total. The van der Waals surface area contributed by atoms with Crippen LogP contribution in [0.5, 0.6) is 0 Å². The molecule has 1 aromatic heterocycles. The number of hydrogen-bond donors (Lipinski definition) is 2. The van der Waals surface area contributed by atoms with Crippen LogP contribution in [0.25, 0.3) is 11.0 Å². The Labute approximate surface area is 166 Å². The van der Waals surface area contributed by atoms with Gasteiger partial charge in [-0.2, -0.15) is 0 Å². The molecule has 8 heteroatoms. The van der Waals surface area contributed by atoms with Crippen LogP contribution in [0.1, 0.15) is 19.0 Å². The highest BCUT2D eigenvalue weighted by Gasteiger charge is 2.15. The monoisotopic (exact) mass is 396 g/mol. The zero-order valence-electron chi connectivity index (χ0n) is 15.9. The molecule has 0 unspecified atom stereocenters. The number of amides is 2. The van der Waals surface area contributed by atoms with Crippen LogP contribution in [0.2, 0.25) is 0 Å². The summed E-state index contributed by atoms with van der Waals surface area (Å²) in [6, 6.07) is 12.5. The molecule has 0 radical (unpaired) electrons. The quantitative estimate of drug-likeness (QED) is 0.641. The highest BCUT2D eigenvalue weighted by atomic mass is 19.1. The van der Waals surface area contributed by atoms with Gasteiger partial charge in [-0.05, 0) is 37.3 Å². The number of rotatable bonds is 7. The van der Waals surface area contributed by atoms with Crippen molar-refractivity contribution in [2.45, 2.75) is 26.3 Å². The second kappa shape index (κ2) is 9.09. The van der Waals surface area contributed by atoms with Crippen LogP contribution in [-0.2, 0) is 22.6 Å². The first-order chi connectivity index (χ1) is 14.0. The van der Waals surface area contributed by atoms with Crippen LogP contribution in [0.3, 0.4) is 0 Å². The number of aromatic nitrogens is 2. The van der Waals surface area contributed by atoms with Crippen LogP contribution in [0.4, 0.5) is 10.1 Å². The zero-order chi connectivity index (χ0) is 20.8. The Bertz CT molecular complexity index is 1110. The molecule has 0 aliphatic carbocycles. The van der Waals surface area contributed by atoms with Crippen molar-refractivity contribution in [2.24, 2.45) is 0 Å². The van der Waals surface area contributed by atoms with E-state index in [0.29, 0.717) is 23.3 Å². The molecule has 0 spiro atoms. The summed E-state index contributed by atoms with van der Waals surface area (Å²) in [7, 11) is 0. The number of hydrogen-bond acceptors (Lipinski definition) is 4. The number of para-hydroxylation sites is 2. The fourth-order valence-corrected chi connectivity index (χ4v) is 2.99. The summed E-state index contributed by atoms with van der Waals surface area (Å²) in [6.07, 6.45) is 0.297. The molecule has 29 heavy (non-hydrogen) atoms. The number of anilines is 1. The van der Waals surface area contributed by atoms with Crippen molar-refractivity contribution >= 4 is 28.5 Å². The second-order valence-electron chi connectivity index (χ2n) is 6.45. The van der Waals surface area contributed by atoms with E-state index in [1.54, 1.807) is 30.3 Å². The molecule has 1 heterocycles. The predicted octanol–water partition coefficient (Wildman–Crippen LogP) is 2.24. The topological polar surface area (TPSA) is 93.1 Å². The third-order valence-electron chi connectivity index (χ3n) is 4.29. The summed E-state index contributed by atoms with van der Waals surface area (Å²) in [5, 5.41) is 5.27. The number of halogens is 1. The van der Waals surface area contributed by atoms with Crippen molar-refractivity contribution in [1.82, 2.24) is 14.9 Å². The van der Waals surface area contributed by atoms with Crippen molar-refractivity contribution in [3.63, 3.8) is 0 Å². The highest BCUT2D eigenvalue weighted by Crippen LogP contribution is 2.12. The van der Waals surface area contributed by atoms with E-state index in [2.05, 4.69) is 15.6 Å². The molecule has 0 bridgehead atoms. The number of nitrogens with zero attached hydrogens (tertiary/aromatic N) is 2. The Morgan fingerprint density at radius 3 is 2.66 bits per heavy atom. The molecule has 3 rings (SSSR count). The van der Waals surface area contributed by atoms with E-state index in [-0.39, 0.29) is 31.0 Å². The maximum Gasteiger partial charge on any atom is 0.273 e. The number of benzene rings is 2. The van der Waals surface area contributed by atoms with Crippen molar-refractivity contribution < 1.29 is 14.0 Å². The van der Waals surface area contributed by atoms with Crippen LogP contribution in [0, 0.1) is 5.82 Å². The Morgan fingerprint density at radius 2 is 1.90 bits per heavy atom. The predicted molar refractivity (Wildman–Crippen MR) is 108 cm³/mol. The molecule has 150 valence electrons. The normalized spacial score (nSPS) is 10.7. The van der Waals surface area contributed by atoms with E-state index in [0.717, 1.165) is 0 Å². The summed E-state index contributed by atoms with van der Waals surface area (Å²) in [4.78, 5) is 41.5. The number of carbonyl (C=O) groups is 2. The van der Waals surface area contributed by atoms with Gasteiger partial charge in [0.05, 0.1) is 11.0 Å². The summed E-state index contributed by atoms with van der Waals surface area (Å²) in [6.45, 7) is 2.07. The lowest BCUT2D eigenvalue weighted by atomic mass is 10.2. The Hall–Kier alpha value is -3.55. The van der Waals surface area contributed by atoms with Gasteiger partial charge in [0.25, 0.3) is 5.56 Å². The first-order valence-electron chi connectivity index (χ1n) is 9.28. The maximum absolute atomic E-state index is 13.3. The number of nitrogens with one attached hydrogen (secondary N) is 2. The smallest absolute Gasteiger partial charge is 0.273 e. The first kappa shape index (κ1) is 20.2. The van der Waals surface area contributed by atoms with E-state index in [9.17, 15) is 18.8 Å². The summed E-state index contributed by atoms with van der Waals surface area (Å²) in [5.41, 5.74) is 1.15. The van der Waals surface area contributed by atoms with E-state index < -0.39 is 17.3 Å². The summed E-state index contributed by atoms with van der Waals surface area (Å²) >= 11 is 0. The van der Waals surface area contributed by atoms with Gasteiger partial charge < -0.3 is 10.6 Å². The molecular formula is C21H21FN4O3. The lowest BCUT2D eigenvalue weighted by Gasteiger charge is -2.12. The molecule has 7 nitrogen and oxygen atoms in total. The van der Waals surface area contributed by atoms with Crippen LogP contribution < -0.4 is 16.2 Å². The van der Waals surface area contributed by atoms with Gasteiger partial charge in [0.15, 0.2) is 0 Å². The van der Waals surface area contributed by atoms with Crippen LogP contribution in [0.15, 0.2) is 53.3 Å². The van der Waals surface area contributed by atoms with Gasteiger partial charge in [0.2, 0.25) is 11.8 Å². The molecule has 0 saturated heterocycles. The molecule has 3 aromatic rings. The SMILES string of the molecule is CCNC(=O)CCc1nc2ccccc2n(CC(=O)Nc2cccc(F)c2)c1=O. The number of fused-ring (bicyclic) bond motifs is 1. The number of aryl methyl sites for hydroxylation is 1. The zero-order valence-corrected chi connectivity index (χ0v) is 15.9. The van der Waals surface area contributed by atoms with E-state index in [1.807, 2.05) is 6.92 Å². The second-order valence-corrected chi connectivity index (χ2v) is 6.45. The summed E-state index contributed by atoms with van der Waals surface area (Å²) in [5.74, 6) is -1.11. The van der Waals surface area contributed by atoms with Gasteiger partial charge >= 0.3 is 0 Å². The van der Waals surface area contributed by atoms with Crippen molar-refractivity contribution in [3.05, 3.63) is 70.4 Å². The van der Waals surface area contributed by atoms with Gasteiger partial charge in [-0.1, -0.05) is 18.2 Å². The molecule has 2 amide bonds. The van der Waals surface area contributed by atoms with Gasteiger partial charge in [0, 0.05) is 25.1 Å². The third kappa shape index (κ3) is 5.04. The number of carbonyl (C=O) groups excluding carboxylic acids is 2. The minimum atomic E-state index is -0.470. The Kier molecular flexibility index (Phi) is 6.33. The molecule has 0 fully saturated rings. The average Bonchev–Trinajstić information content (AvgIpc) is 2.69. The Morgan fingerprint density at radius 1 is 1.10 bits per heavy atom. The highest BCUT2D eigenvalue weighted by molar-refractivity contribution is 5.91. The fraction of sp³-hybridized carbons (Fsp3) is 0.238. The van der Waals surface area contributed by atoms with E-state index >= 15 is 0 Å². The van der Waals surface area contributed by atoms with Gasteiger partial charge in [-0.25, -0.2) is 9.37 Å². The maximum atomic E-state index is 13.3. The first-order valence-corrected chi connectivity index (χ1v) is 9.28. The minimum absolute atomic E-state index is 0.129. The lowest BCUT2D eigenvalue weighted by molar-refractivity contribution is -0.121. The lowest BCUT2D eigenvalue weighted by Crippen LogP contribution is -2.32. The standard InChI is InChI=1S/C21H21FN4O3/c1-2-23-19(27)11-10-17-21(29)26(18-9-4-3-8-16(18)25-17)13-20(28)24-15-7-5-6-14(22)12-15/h3-9,12H,2,10-11,13H2,1H3,(H,23,27)(H,24,28). The third-order valence-corrected chi connectivity index (χ3v) is 4.29. The molecule has 0 aliphatic rings. The minimum Gasteiger partial charge on any atom is -0.356 e. The van der Waals surface area contributed by atoms with Crippen molar-refractivity contribution in [2.75, 3.05) is 11.9 Å².